The number of carbonyl (C=O) groups is 1. The Labute approximate surface area is 90.9 Å². The van der Waals surface area contributed by atoms with Crippen LogP contribution in [0, 0.1) is 5.41 Å². The predicted molar refractivity (Wildman–Crippen MR) is 55.6 cm³/mol. The van der Waals surface area contributed by atoms with E-state index < -0.39 is 5.41 Å². The maximum atomic E-state index is 11.3. The SMILES string of the molecule is COC(=O)C(C)(C)COCC1CCCO1. The molecular weight excluding hydrogens is 196 g/mol. The average molecular weight is 216 g/mol. The summed E-state index contributed by atoms with van der Waals surface area (Å²) in [4.78, 5) is 11.3. The van der Waals surface area contributed by atoms with Gasteiger partial charge in [0.2, 0.25) is 0 Å². The second kappa shape index (κ2) is 5.47. The number of rotatable bonds is 5. The number of carbonyl (C=O) groups excluding carboxylic acids is 1. The molecule has 4 nitrogen and oxygen atoms in total. The highest BCUT2D eigenvalue weighted by atomic mass is 16.5. The molecule has 1 rings (SSSR count). The van der Waals surface area contributed by atoms with Crippen LogP contribution in [0.5, 0.6) is 0 Å². The van der Waals surface area contributed by atoms with E-state index in [1.807, 2.05) is 13.8 Å². The van der Waals surface area contributed by atoms with E-state index in [0.29, 0.717) is 13.2 Å². The fourth-order valence-electron chi connectivity index (χ4n) is 1.56. The van der Waals surface area contributed by atoms with Crippen LogP contribution in [0.2, 0.25) is 0 Å². The third-order valence-electron chi connectivity index (χ3n) is 2.53. The molecule has 1 heterocycles. The van der Waals surface area contributed by atoms with Crippen molar-refractivity contribution in [1.29, 1.82) is 0 Å². The van der Waals surface area contributed by atoms with E-state index in [1.165, 1.54) is 7.11 Å². The highest BCUT2D eigenvalue weighted by molar-refractivity contribution is 5.75. The van der Waals surface area contributed by atoms with E-state index in [4.69, 9.17) is 9.47 Å². The van der Waals surface area contributed by atoms with Gasteiger partial charge in [0.15, 0.2) is 0 Å². The molecule has 15 heavy (non-hydrogen) atoms. The molecule has 4 heteroatoms. The number of hydrogen-bond donors (Lipinski definition) is 0. The van der Waals surface area contributed by atoms with E-state index in [2.05, 4.69) is 4.74 Å². The van der Waals surface area contributed by atoms with E-state index in [9.17, 15) is 4.79 Å². The molecular formula is C11H20O4. The van der Waals surface area contributed by atoms with Crippen molar-refractivity contribution in [1.82, 2.24) is 0 Å². The minimum Gasteiger partial charge on any atom is -0.469 e. The molecule has 0 aromatic rings. The van der Waals surface area contributed by atoms with Gasteiger partial charge in [0.1, 0.15) is 0 Å². The first kappa shape index (κ1) is 12.5. The van der Waals surface area contributed by atoms with Gasteiger partial charge in [0.25, 0.3) is 0 Å². The second-order valence-electron chi connectivity index (χ2n) is 4.53. The van der Waals surface area contributed by atoms with E-state index in [1.54, 1.807) is 0 Å². The zero-order valence-corrected chi connectivity index (χ0v) is 9.75. The van der Waals surface area contributed by atoms with Gasteiger partial charge in [0.05, 0.1) is 31.8 Å². The van der Waals surface area contributed by atoms with E-state index >= 15 is 0 Å². The molecule has 1 aliphatic heterocycles. The summed E-state index contributed by atoms with van der Waals surface area (Å²) in [6.45, 7) is 5.40. The van der Waals surface area contributed by atoms with Crippen LogP contribution in [-0.4, -0.2) is 39.0 Å². The monoisotopic (exact) mass is 216 g/mol. The third-order valence-corrected chi connectivity index (χ3v) is 2.53. The van der Waals surface area contributed by atoms with Crippen LogP contribution in [0.25, 0.3) is 0 Å². The van der Waals surface area contributed by atoms with Crippen LogP contribution in [0.4, 0.5) is 0 Å². The highest BCUT2D eigenvalue weighted by Gasteiger charge is 2.29. The predicted octanol–water partition coefficient (Wildman–Crippen LogP) is 1.38. The summed E-state index contributed by atoms with van der Waals surface area (Å²) in [6.07, 6.45) is 2.37. The Bertz CT molecular complexity index is 207. The Morgan fingerprint density at radius 3 is 2.80 bits per heavy atom. The van der Waals surface area contributed by atoms with Gasteiger partial charge in [-0.3, -0.25) is 4.79 Å². The topological polar surface area (TPSA) is 44.8 Å². The Kier molecular flexibility index (Phi) is 4.54. The van der Waals surface area contributed by atoms with Crippen molar-refractivity contribution in [2.45, 2.75) is 32.8 Å². The molecule has 0 bridgehead atoms. The molecule has 0 spiro atoms. The second-order valence-corrected chi connectivity index (χ2v) is 4.53. The van der Waals surface area contributed by atoms with E-state index in [-0.39, 0.29) is 12.1 Å². The summed E-state index contributed by atoms with van der Waals surface area (Å²) in [7, 11) is 1.39. The number of esters is 1. The smallest absolute Gasteiger partial charge is 0.313 e. The maximum Gasteiger partial charge on any atom is 0.313 e. The van der Waals surface area contributed by atoms with Crippen LogP contribution in [0.3, 0.4) is 0 Å². The molecule has 0 amide bonds. The lowest BCUT2D eigenvalue weighted by Crippen LogP contribution is -2.32. The lowest BCUT2D eigenvalue weighted by Gasteiger charge is -2.22. The van der Waals surface area contributed by atoms with Gasteiger partial charge >= 0.3 is 5.97 Å². The Hall–Kier alpha value is -0.610. The Balaban J connectivity index is 2.20. The number of ether oxygens (including phenoxy) is 3. The van der Waals surface area contributed by atoms with Crippen LogP contribution in [-0.2, 0) is 19.0 Å². The van der Waals surface area contributed by atoms with Crippen molar-refractivity contribution in [3.8, 4) is 0 Å². The molecule has 0 aromatic heterocycles. The first-order valence-corrected chi connectivity index (χ1v) is 5.34. The zero-order valence-electron chi connectivity index (χ0n) is 9.75. The van der Waals surface area contributed by atoms with Crippen molar-refractivity contribution in [2.75, 3.05) is 26.9 Å². The number of methoxy groups -OCH3 is 1. The van der Waals surface area contributed by atoms with Gasteiger partial charge in [-0.2, -0.15) is 0 Å². The van der Waals surface area contributed by atoms with Crippen LogP contribution in [0.15, 0.2) is 0 Å². The first-order valence-electron chi connectivity index (χ1n) is 5.34. The summed E-state index contributed by atoms with van der Waals surface area (Å²) in [5, 5.41) is 0. The van der Waals surface area contributed by atoms with Crippen molar-refractivity contribution in [3.05, 3.63) is 0 Å². The normalized spacial score (nSPS) is 21.7. The third kappa shape index (κ3) is 3.80. The molecule has 0 N–H and O–H groups in total. The van der Waals surface area contributed by atoms with Crippen molar-refractivity contribution in [3.63, 3.8) is 0 Å². The van der Waals surface area contributed by atoms with Crippen molar-refractivity contribution in [2.24, 2.45) is 5.41 Å². The fraction of sp³-hybridized carbons (Fsp3) is 0.909. The number of hydrogen-bond acceptors (Lipinski definition) is 4. The minimum absolute atomic E-state index is 0.207. The summed E-state index contributed by atoms with van der Waals surface area (Å²) in [5.74, 6) is -0.241. The van der Waals surface area contributed by atoms with Crippen molar-refractivity contribution >= 4 is 5.97 Å². The fourth-order valence-corrected chi connectivity index (χ4v) is 1.56. The molecule has 1 fully saturated rings. The van der Waals surface area contributed by atoms with Crippen LogP contribution >= 0.6 is 0 Å². The summed E-state index contributed by atoms with van der Waals surface area (Å²) >= 11 is 0. The molecule has 0 aromatic carbocycles. The zero-order chi connectivity index (χ0) is 11.3. The molecule has 0 saturated carbocycles. The largest absolute Gasteiger partial charge is 0.469 e. The van der Waals surface area contributed by atoms with Crippen LogP contribution < -0.4 is 0 Å². The molecule has 0 radical (unpaired) electrons. The van der Waals surface area contributed by atoms with Crippen molar-refractivity contribution < 1.29 is 19.0 Å². The standard InChI is InChI=1S/C11H20O4/c1-11(2,10(12)13-3)8-14-7-9-5-4-6-15-9/h9H,4-8H2,1-3H3. The average Bonchev–Trinajstić information content (AvgIpc) is 2.69. The Morgan fingerprint density at radius 1 is 1.53 bits per heavy atom. The quantitative estimate of drug-likeness (QED) is 0.651. The lowest BCUT2D eigenvalue weighted by atomic mass is 9.95. The van der Waals surface area contributed by atoms with Gasteiger partial charge in [0, 0.05) is 6.61 Å². The summed E-state index contributed by atoms with van der Waals surface area (Å²) in [5.41, 5.74) is -0.576. The maximum absolute atomic E-state index is 11.3. The molecule has 1 unspecified atom stereocenters. The van der Waals surface area contributed by atoms with Gasteiger partial charge in [-0.25, -0.2) is 0 Å². The van der Waals surface area contributed by atoms with Gasteiger partial charge in [-0.15, -0.1) is 0 Å². The summed E-state index contributed by atoms with van der Waals surface area (Å²) < 4.78 is 15.6. The first-order chi connectivity index (χ1) is 7.06. The molecule has 1 atom stereocenters. The molecule has 1 saturated heterocycles. The van der Waals surface area contributed by atoms with E-state index in [0.717, 1.165) is 19.4 Å². The molecule has 1 aliphatic rings. The van der Waals surface area contributed by atoms with Crippen LogP contribution in [0.1, 0.15) is 26.7 Å². The lowest BCUT2D eigenvalue weighted by molar-refractivity contribution is -0.154. The minimum atomic E-state index is -0.576. The van der Waals surface area contributed by atoms with Gasteiger partial charge in [-0.1, -0.05) is 0 Å². The Morgan fingerprint density at radius 2 is 2.27 bits per heavy atom. The molecule has 0 aliphatic carbocycles. The van der Waals surface area contributed by atoms with Gasteiger partial charge in [-0.05, 0) is 26.7 Å². The summed E-state index contributed by atoms with van der Waals surface area (Å²) in [6, 6.07) is 0. The molecule has 88 valence electrons. The highest BCUT2D eigenvalue weighted by Crippen LogP contribution is 2.19. The van der Waals surface area contributed by atoms with Gasteiger partial charge < -0.3 is 14.2 Å².